The molecule has 0 aliphatic rings. The zero-order valence-corrected chi connectivity index (χ0v) is 13.8. The number of amides is 1. The molecule has 25 heavy (non-hydrogen) atoms. The molecule has 1 N–H and O–H groups in total. The summed E-state index contributed by atoms with van der Waals surface area (Å²) in [7, 11) is 1.54. The quantitative estimate of drug-likeness (QED) is 0.473. The molecule has 2 rings (SSSR count). The van der Waals surface area contributed by atoms with Gasteiger partial charge in [-0.05, 0) is 36.8 Å². The van der Waals surface area contributed by atoms with Crippen LogP contribution in [0.5, 0.6) is 11.5 Å². The summed E-state index contributed by atoms with van der Waals surface area (Å²) in [5.74, 6) is 0.476. The van der Waals surface area contributed by atoms with E-state index in [0.29, 0.717) is 23.7 Å². The van der Waals surface area contributed by atoms with Crippen molar-refractivity contribution in [2.45, 2.75) is 6.92 Å². The van der Waals surface area contributed by atoms with Crippen LogP contribution < -0.4 is 14.9 Å². The Kier molecular flexibility index (Phi) is 6.05. The molecule has 0 aliphatic carbocycles. The largest absolute Gasteiger partial charge is 0.493 e. The first-order valence-corrected chi connectivity index (χ1v) is 7.44. The fourth-order valence-electron chi connectivity index (χ4n) is 2.09. The molecule has 0 heterocycles. The second kappa shape index (κ2) is 8.44. The van der Waals surface area contributed by atoms with Crippen molar-refractivity contribution < 1.29 is 19.2 Å². The van der Waals surface area contributed by atoms with Gasteiger partial charge in [-0.15, -0.1) is 0 Å². The van der Waals surface area contributed by atoms with Gasteiger partial charge in [-0.25, -0.2) is 5.43 Å². The van der Waals surface area contributed by atoms with Crippen LogP contribution in [0.1, 0.15) is 22.8 Å². The molecule has 0 unspecified atom stereocenters. The number of rotatable bonds is 7. The summed E-state index contributed by atoms with van der Waals surface area (Å²) in [6.07, 6.45) is 1.41. The van der Waals surface area contributed by atoms with Crippen molar-refractivity contribution in [3.8, 4) is 11.5 Å². The number of nitro groups is 1. The molecule has 0 saturated carbocycles. The number of carbonyl (C=O) groups is 1. The number of para-hydroxylation sites is 1. The number of hydrazone groups is 1. The van der Waals surface area contributed by atoms with Crippen molar-refractivity contribution in [2.75, 3.05) is 13.7 Å². The lowest BCUT2D eigenvalue weighted by Gasteiger charge is -2.09. The van der Waals surface area contributed by atoms with E-state index in [0.717, 1.165) is 0 Å². The first-order valence-electron chi connectivity index (χ1n) is 7.44. The van der Waals surface area contributed by atoms with Crippen LogP contribution in [0.15, 0.2) is 47.6 Å². The van der Waals surface area contributed by atoms with Crippen LogP contribution in [0.4, 0.5) is 5.69 Å². The molecule has 2 aromatic rings. The highest BCUT2D eigenvalue weighted by atomic mass is 16.6. The molecular formula is C17H17N3O5. The van der Waals surface area contributed by atoms with Gasteiger partial charge in [0.15, 0.2) is 11.5 Å². The van der Waals surface area contributed by atoms with Gasteiger partial charge in [0.05, 0.1) is 24.9 Å². The van der Waals surface area contributed by atoms with Crippen LogP contribution >= 0.6 is 0 Å². The molecule has 2 aromatic carbocycles. The third kappa shape index (κ3) is 4.54. The Balaban J connectivity index is 2.12. The van der Waals surface area contributed by atoms with E-state index < -0.39 is 10.8 Å². The number of nitrogens with one attached hydrogen (secondary N) is 1. The Morgan fingerprint density at radius 3 is 2.72 bits per heavy atom. The number of carbonyl (C=O) groups excluding carboxylic acids is 1. The molecular weight excluding hydrogens is 326 g/mol. The first-order chi connectivity index (χ1) is 12.1. The number of hydrogen-bond donors (Lipinski definition) is 1. The zero-order chi connectivity index (χ0) is 18.2. The van der Waals surface area contributed by atoms with Crippen LogP contribution in [-0.4, -0.2) is 30.8 Å². The van der Waals surface area contributed by atoms with E-state index in [-0.39, 0.29) is 11.3 Å². The molecule has 0 fully saturated rings. The monoisotopic (exact) mass is 343 g/mol. The fourth-order valence-corrected chi connectivity index (χ4v) is 2.09. The minimum absolute atomic E-state index is 0.0608. The lowest BCUT2D eigenvalue weighted by atomic mass is 10.2. The smallest absolute Gasteiger partial charge is 0.282 e. The first kappa shape index (κ1) is 17.9. The molecule has 0 radical (unpaired) electrons. The van der Waals surface area contributed by atoms with Crippen molar-refractivity contribution in [3.63, 3.8) is 0 Å². The molecule has 0 bridgehead atoms. The van der Waals surface area contributed by atoms with Crippen LogP contribution in [0.3, 0.4) is 0 Å². The topological polar surface area (TPSA) is 103 Å². The molecule has 0 aromatic heterocycles. The summed E-state index contributed by atoms with van der Waals surface area (Å²) in [4.78, 5) is 22.4. The van der Waals surface area contributed by atoms with E-state index in [1.165, 1.54) is 24.4 Å². The number of ether oxygens (including phenoxy) is 2. The predicted molar refractivity (Wildman–Crippen MR) is 92.3 cm³/mol. The van der Waals surface area contributed by atoms with E-state index in [2.05, 4.69) is 10.5 Å². The molecule has 0 saturated heterocycles. The number of nitro benzene ring substituents is 1. The van der Waals surface area contributed by atoms with Gasteiger partial charge < -0.3 is 9.47 Å². The average molecular weight is 343 g/mol. The van der Waals surface area contributed by atoms with Gasteiger partial charge in [0.2, 0.25) is 0 Å². The lowest BCUT2D eigenvalue weighted by molar-refractivity contribution is -0.385. The van der Waals surface area contributed by atoms with Crippen molar-refractivity contribution >= 4 is 17.8 Å². The summed E-state index contributed by atoms with van der Waals surface area (Å²) < 4.78 is 10.6. The highest BCUT2D eigenvalue weighted by Gasteiger charge is 2.18. The minimum Gasteiger partial charge on any atom is -0.493 e. The number of nitrogens with zero attached hydrogens (tertiary/aromatic N) is 2. The molecule has 8 heteroatoms. The predicted octanol–water partition coefficient (Wildman–Crippen LogP) is 2.77. The Morgan fingerprint density at radius 1 is 1.28 bits per heavy atom. The maximum Gasteiger partial charge on any atom is 0.282 e. The van der Waals surface area contributed by atoms with Gasteiger partial charge in [-0.1, -0.05) is 12.1 Å². The standard InChI is InChI=1S/C17H17N3O5/c1-3-25-16-10-12(8-9-15(16)24-2)11-18-19-17(21)13-6-4-5-7-14(13)20(22)23/h4-11H,3H2,1-2H3,(H,19,21)/b18-11-. The third-order valence-electron chi connectivity index (χ3n) is 3.21. The van der Waals surface area contributed by atoms with Gasteiger partial charge in [0, 0.05) is 6.07 Å². The minimum atomic E-state index is -0.665. The molecule has 1 amide bonds. The van der Waals surface area contributed by atoms with Gasteiger partial charge in [0.25, 0.3) is 11.6 Å². The Bertz CT molecular complexity index is 805. The van der Waals surface area contributed by atoms with Crippen molar-refractivity contribution in [1.29, 1.82) is 0 Å². The molecule has 0 aliphatic heterocycles. The second-order valence-corrected chi connectivity index (χ2v) is 4.82. The molecule has 0 spiro atoms. The zero-order valence-electron chi connectivity index (χ0n) is 13.8. The number of hydrogen-bond acceptors (Lipinski definition) is 6. The van der Waals surface area contributed by atoms with Gasteiger partial charge in [-0.2, -0.15) is 5.10 Å². The van der Waals surface area contributed by atoms with Gasteiger partial charge >= 0.3 is 0 Å². The van der Waals surface area contributed by atoms with E-state index in [1.807, 2.05) is 6.92 Å². The van der Waals surface area contributed by atoms with Gasteiger partial charge in [-0.3, -0.25) is 14.9 Å². The van der Waals surface area contributed by atoms with Crippen molar-refractivity contribution in [3.05, 3.63) is 63.7 Å². The van der Waals surface area contributed by atoms with Crippen LogP contribution in [0.2, 0.25) is 0 Å². The maximum atomic E-state index is 12.1. The van der Waals surface area contributed by atoms with E-state index >= 15 is 0 Å². The lowest BCUT2D eigenvalue weighted by Crippen LogP contribution is -2.18. The van der Waals surface area contributed by atoms with E-state index in [9.17, 15) is 14.9 Å². The van der Waals surface area contributed by atoms with Crippen molar-refractivity contribution in [1.82, 2.24) is 5.43 Å². The van der Waals surface area contributed by atoms with E-state index in [1.54, 1.807) is 31.4 Å². The summed E-state index contributed by atoms with van der Waals surface area (Å²) in [6, 6.07) is 10.8. The molecule has 130 valence electrons. The SMILES string of the molecule is CCOc1cc(/C=N\NC(=O)c2ccccc2[N+](=O)[O-])ccc1OC. The fraction of sp³-hybridized carbons (Fsp3) is 0.176. The molecule has 0 atom stereocenters. The highest BCUT2D eigenvalue weighted by molar-refractivity contribution is 5.98. The second-order valence-electron chi connectivity index (χ2n) is 4.82. The Hall–Kier alpha value is -3.42. The van der Waals surface area contributed by atoms with Crippen molar-refractivity contribution in [2.24, 2.45) is 5.10 Å². The molecule has 8 nitrogen and oxygen atoms in total. The Morgan fingerprint density at radius 2 is 2.04 bits per heavy atom. The van der Waals surface area contributed by atoms with Crippen LogP contribution in [0, 0.1) is 10.1 Å². The normalized spacial score (nSPS) is 10.5. The summed E-state index contributed by atoms with van der Waals surface area (Å²) in [5, 5.41) is 14.8. The summed E-state index contributed by atoms with van der Waals surface area (Å²) in [5.41, 5.74) is 2.61. The number of methoxy groups -OCH3 is 1. The van der Waals surface area contributed by atoms with Crippen LogP contribution in [-0.2, 0) is 0 Å². The summed E-state index contributed by atoms with van der Waals surface area (Å²) >= 11 is 0. The van der Waals surface area contributed by atoms with E-state index in [4.69, 9.17) is 9.47 Å². The van der Waals surface area contributed by atoms with Gasteiger partial charge in [0.1, 0.15) is 5.56 Å². The average Bonchev–Trinajstić information content (AvgIpc) is 2.62. The highest BCUT2D eigenvalue weighted by Crippen LogP contribution is 2.27. The summed E-state index contributed by atoms with van der Waals surface area (Å²) in [6.45, 7) is 2.33. The Labute approximate surface area is 144 Å². The maximum absolute atomic E-state index is 12.1. The third-order valence-corrected chi connectivity index (χ3v) is 3.21. The van der Waals surface area contributed by atoms with Crippen LogP contribution in [0.25, 0.3) is 0 Å². The number of benzene rings is 2.